The zero-order chi connectivity index (χ0) is 22.4. The van der Waals surface area contributed by atoms with Crippen LogP contribution in [0.2, 0.25) is 0 Å². The molecule has 0 aromatic rings. The van der Waals surface area contributed by atoms with Crippen LogP contribution in [0, 0.1) is 40.4 Å². The van der Waals surface area contributed by atoms with Crippen LogP contribution in [0.25, 0.3) is 0 Å². The van der Waals surface area contributed by atoms with E-state index in [-0.39, 0.29) is 12.1 Å². The van der Waals surface area contributed by atoms with Crippen LogP contribution in [0.1, 0.15) is 119 Å². The van der Waals surface area contributed by atoms with E-state index in [2.05, 4.69) is 34.6 Å². The van der Waals surface area contributed by atoms with Gasteiger partial charge in [0.05, 0.1) is 0 Å². The Morgan fingerprint density at radius 2 is 1.81 bits per heavy atom. The van der Waals surface area contributed by atoms with Crippen LogP contribution in [0.3, 0.4) is 0 Å². The van der Waals surface area contributed by atoms with Gasteiger partial charge in [0.1, 0.15) is 6.10 Å². The van der Waals surface area contributed by atoms with Gasteiger partial charge in [0.2, 0.25) is 0 Å². The van der Waals surface area contributed by atoms with Crippen LogP contribution < -0.4 is 0 Å². The minimum atomic E-state index is -0.0971. The lowest BCUT2D eigenvalue weighted by molar-refractivity contribution is -0.152. The SMILES string of the molecule is CC(=O)O[C@@H]1CC[C@@]2(C)[C@@H](CCC3=C4CC[C@H]([C@H](C)CCCC(C)C)[C@]4(C)CC[C@H]32)C1. The lowest BCUT2D eigenvalue weighted by atomic mass is 9.49. The van der Waals surface area contributed by atoms with Crippen molar-refractivity contribution in [3.63, 3.8) is 0 Å². The Labute approximate surface area is 192 Å². The molecule has 0 heterocycles. The van der Waals surface area contributed by atoms with Crippen molar-refractivity contribution in [3.8, 4) is 0 Å². The molecular formula is C29H48O2. The number of carbonyl (C=O) groups excluding carboxylic acids is 1. The molecule has 2 nitrogen and oxygen atoms in total. The molecule has 0 aromatic carbocycles. The van der Waals surface area contributed by atoms with Gasteiger partial charge in [0.15, 0.2) is 0 Å². The van der Waals surface area contributed by atoms with E-state index in [1.807, 2.05) is 11.1 Å². The fourth-order valence-electron chi connectivity index (χ4n) is 8.79. The van der Waals surface area contributed by atoms with Crippen LogP contribution in [-0.4, -0.2) is 12.1 Å². The molecular weight excluding hydrogens is 380 g/mol. The number of hydrogen-bond donors (Lipinski definition) is 0. The molecule has 176 valence electrons. The van der Waals surface area contributed by atoms with Gasteiger partial charge in [-0.1, -0.05) is 65.0 Å². The first-order chi connectivity index (χ1) is 14.6. The highest BCUT2D eigenvalue weighted by atomic mass is 16.5. The summed E-state index contributed by atoms with van der Waals surface area (Å²) in [4.78, 5) is 11.5. The first kappa shape index (κ1) is 23.4. The molecule has 0 aliphatic heterocycles. The predicted octanol–water partition coefficient (Wildman–Crippen LogP) is 8.10. The highest BCUT2D eigenvalue weighted by molar-refractivity contribution is 5.66. The summed E-state index contributed by atoms with van der Waals surface area (Å²) in [7, 11) is 0. The van der Waals surface area contributed by atoms with Crippen molar-refractivity contribution in [2.75, 3.05) is 0 Å². The number of allylic oxidation sites excluding steroid dienone is 2. The quantitative estimate of drug-likeness (QED) is 0.315. The average molecular weight is 429 g/mol. The maximum absolute atomic E-state index is 11.5. The molecule has 0 radical (unpaired) electrons. The first-order valence-electron chi connectivity index (χ1n) is 13.5. The van der Waals surface area contributed by atoms with E-state index in [1.165, 1.54) is 64.2 Å². The van der Waals surface area contributed by atoms with Gasteiger partial charge >= 0.3 is 5.97 Å². The maximum Gasteiger partial charge on any atom is 0.302 e. The monoisotopic (exact) mass is 428 g/mol. The number of esters is 1. The molecule has 4 aliphatic carbocycles. The number of carbonyl (C=O) groups is 1. The summed E-state index contributed by atoms with van der Waals surface area (Å²) >= 11 is 0. The Morgan fingerprint density at radius 3 is 2.52 bits per heavy atom. The minimum absolute atomic E-state index is 0.0971. The molecule has 31 heavy (non-hydrogen) atoms. The van der Waals surface area contributed by atoms with Gasteiger partial charge in [-0.2, -0.15) is 0 Å². The lowest BCUT2D eigenvalue weighted by Crippen LogP contribution is -2.48. The molecule has 2 heteroatoms. The summed E-state index contributed by atoms with van der Waals surface area (Å²) in [5.74, 6) is 4.03. The molecule has 0 saturated heterocycles. The smallest absolute Gasteiger partial charge is 0.302 e. The van der Waals surface area contributed by atoms with Crippen LogP contribution in [0.5, 0.6) is 0 Å². The average Bonchev–Trinajstić information content (AvgIpc) is 3.05. The fourth-order valence-corrected chi connectivity index (χ4v) is 8.79. The maximum atomic E-state index is 11.5. The highest BCUT2D eigenvalue weighted by Gasteiger charge is 2.55. The Kier molecular flexibility index (Phi) is 6.68. The van der Waals surface area contributed by atoms with E-state index < -0.39 is 0 Å². The fraction of sp³-hybridized carbons (Fsp3) is 0.897. The molecule has 0 bridgehead atoms. The summed E-state index contributed by atoms with van der Waals surface area (Å²) in [6.07, 6.45) is 16.0. The van der Waals surface area contributed by atoms with Crippen molar-refractivity contribution in [1.82, 2.24) is 0 Å². The molecule has 4 rings (SSSR count). The second-order valence-corrected chi connectivity index (χ2v) is 12.7. The van der Waals surface area contributed by atoms with Crippen molar-refractivity contribution >= 4 is 5.97 Å². The Balaban J connectivity index is 1.50. The van der Waals surface area contributed by atoms with Crippen LogP contribution >= 0.6 is 0 Å². The topological polar surface area (TPSA) is 26.3 Å². The summed E-state index contributed by atoms with van der Waals surface area (Å²) in [5.41, 5.74) is 4.71. The second-order valence-electron chi connectivity index (χ2n) is 12.7. The first-order valence-corrected chi connectivity index (χ1v) is 13.5. The van der Waals surface area contributed by atoms with Gasteiger partial charge in [-0.05, 0) is 98.2 Å². The zero-order valence-corrected chi connectivity index (χ0v) is 21.3. The van der Waals surface area contributed by atoms with Crippen molar-refractivity contribution in [2.24, 2.45) is 40.4 Å². The number of rotatable bonds is 6. The summed E-state index contributed by atoms with van der Waals surface area (Å²) in [6, 6.07) is 0. The molecule has 0 unspecified atom stereocenters. The van der Waals surface area contributed by atoms with Crippen LogP contribution in [-0.2, 0) is 9.53 Å². The van der Waals surface area contributed by atoms with Crippen molar-refractivity contribution < 1.29 is 9.53 Å². The lowest BCUT2D eigenvalue weighted by Gasteiger charge is -2.57. The Hall–Kier alpha value is -0.790. The zero-order valence-electron chi connectivity index (χ0n) is 21.3. The molecule has 0 spiro atoms. The van der Waals surface area contributed by atoms with Crippen molar-refractivity contribution in [3.05, 3.63) is 11.1 Å². The van der Waals surface area contributed by atoms with Gasteiger partial charge in [-0.3, -0.25) is 4.79 Å². The Bertz CT molecular complexity index is 706. The van der Waals surface area contributed by atoms with E-state index in [0.29, 0.717) is 10.8 Å². The minimum Gasteiger partial charge on any atom is -0.463 e. The Morgan fingerprint density at radius 1 is 1.03 bits per heavy atom. The molecule has 0 amide bonds. The van der Waals surface area contributed by atoms with Crippen LogP contribution in [0.4, 0.5) is 0 Å². The number of hydrogen-bond acceptors (Lipinski definition) is 2. The third-order valence-corrected chi connectivity index (χ3v) is 10.5. The second kappa shape index (κ2) is 8.86. The third-order valence-electron chi connectivity index (χ3n) is 10.5. The predicted molar refractivity (Wildman–Crippen MR) is 129 cm³/mol. The largest absolute Gasteiger partial charge is 0.463 e. The van der Waals surface area contributed by atoms with Gasteiger partial charge in [-0.15, -0.1) is 0 Å². The van der Waals surface area contributed by atoms with Gasteiger partial charge in [0, 0.05) is 6.92 Å². The molecule has 3 fully saturated rings. The van der Waals surface area contributed by atoms with E-state index in [4.69, 9.17) is 4.74 Å². The van der Waals surface area contributed by atoms with Crippen molar-refractivity contribution in [1.29, 1.82) is 0 Å². The van der Waals surface area contributed by atoms with E-state index in [1.54, 1.807) is 6.92 Å². The van der Waals surface area contributed by atoms with E-state index in [9.17, 15) is 4.79 Å². The summed E-state index contributed by atoms with van der Waals surface area (Å²) < 4.78 is 5.64. The number of ether oxygens (including phenoxy) is 1. The molecule has 0 aromatic heterocycles. The number of fused-ring (bicyclic) bond motifs is 4. The van der Waals surface area contributed by atoms with Gasteiger partial charge in [0.25, 0.3) is 0 Å². The molecule has 4 aliphatic rings. The van der Waals surface area contributed by atoms with Gasteiger partial charge in [-0.25, -0.2) is 0 Å². The normalized spacial score (nSPS) is 40.9. The van der Waals surface area contributed by atoms with E-state index >= 15 is 0 Å². The third kappa shape index (κ3) is 4.26. The summed E-state index contributed by atoms with van der Waals surface area (Å²) in [6.45, 7) is 14.1. The van der Waals surface area contributed by atoms with Gasteiger partial charge < -0.3 is 4.74 Å². The van der Waals surface area contributed by atoms with Crippen LogP contribution in [0.15, 0.2) is 11.1 Å². The molecule has 7 atom stereocenters. The highest BCUT2D eigenvalue weighted by Crippen LogP contribution is 2.66. The van der Waals surface area contributed by atoms with Crippen molar-refractivity contribution in [2.45, 2.75) is 125 Å². The molecule has 0 N–H and O–H groups in total. The summed E-state index contributed by atoms with van der Waals surface area (Å²) in [5, 5.41) is 0. The standard InChI is InChI=1S/C29H48O2/c1-19(2)8-7-9-20(3)25-12-13-26-24-11-10-22-18-23(31-21(4)30)14-16-28(22,5)27(24)15-17-29(25,26)6/h19-20,22-23,25,27H,7-18H2,1-6H3/t20-,22+,23-,25-,27-,28+,29+/m1/s1. The van der Waals surface area contributed by atoms with E-state index in [0.717, 1.165) is 42.4 Å². The molecule has 3 saturated carbocycles.